The molecule has 4 amide bonds. The molecule has 35 heavy (non-hydrogen) atoms. The Morgan fingerprint density at radius 2 is 1.89 bits per heavy atom. The third-order valence-corrected chi connectivity index (χ3v) is 5.67. The molecule has 0 aromatic heterocycles. The number of hydrogen-bond acceptors (Lipinski definition) is 7. The average Bonchev–Trinajstić information content (AvgIpc) is 3.02. The van der Waals surface area contributed by atoms with Crippen molar-refractivity contribution in [2.24, 2.45) is 5.73 Å². The summed E-state index contributed by atoms with van der Waals surface area (Å²) in [6, 6.07) is 8.53. The summed E-state index contributed by atoms with van der Waals surface area (Å²) in [5, 5.41) is 31.8. The summed E-state index contributed by atoms with van der Waals surface area (Å²) in [7, 11) is 1.36. The molecular weight excluding hydrogens is 458 g/mol. The number of carbonyl (C=O) groups excluding carboxylic acids is 3. The lowest BCUT2D eigenvalue weighted by molar-refractivity contribution is -0.138. The number of imide groups is 1. The monoisotopic (exact) mass is 483 g/mol. The molecule has 2 aromatic rings. The number of benzene rings is 2. The van der Waals surface area contributed by atoms with E-state index in [0.29, 0.717) is 16.7 Å². The highest BCUT2D eigenvalue weighted by Crippen LogP contribution is 2.31. The summed E-state index contributed by atoms with van der Waals surface area (Å²) >= 11 is 0. The van der Waals surface area contributed by atoms with E-state index in [0.717, 1.165) is 4.90 Å². The molecule has 0 aliphatic carbocycles. The van der Waals surface area contributed by atoms with Crippen LogP contribution < -0.4 is 21.1 Å². The van der Waals surface area contributed by atoms with Crippen LogP contribution in [0.2, 0.25) is 0 Å². The van der Waals surface area contributed by atoms with Gasteiger partial charge in [0.2, 0.25) is 5.91 Å². The van der Waals surface area contributed by atoms with E-state index in [1.165, 1.54) is 32.2 Å². The Morgan fingerprint density at radius 1 is 1.23 bits per heavy atom. The van der Waals surface area contributed by atoms with Crippen molar-refractivity contribution in [1.29, 1.82) is 5.41 Å². The lowest BCUT2D eigenvalue weighted by Gasteiger charge is -2.23. The van der Waals surface area contributed by atoms with Gasteiger partial charge in [0.05, 0.1) is 19.6 Å². The summed E-state index contributed by atoms with van der Waals surface area (Å²) in [5.41, 5.74) is 5.17. The Balaban J connectivity index is 1.77. The first-order valence-electron chi connectivity index (χ1n) is 10.4. The first-order chi connectivity index (χ1) is 16.5. The molecule has 0 saturated carbocycles. The number of nitrogens with two attached hydrogens (primary N) is 1. The van der Waals surface area contributed by atoms with Gasteiger partial charge in [0.25, 0.3) is 5.91 Å². The smallest absolute Gasteiger partial charge is 0.325 e. The number of carboxylic acids is 1. The minimum absolute atomic E-state index is 0.150. The van der Waals surface area contributed by atoms with E-state index >= 15 is 0 Å². The number of amidine groups is 1. The van der Waals surface area contributed by atoms with Crippen LogP contribution >= 0.6 is 0 Å². The summed E-state index contributed by atoms with van der Waals surface area (Å²) in [4.78, 5) is 50.5. The molecule has 3 rings (SSSR count). The maximum atomic E-state index is 13.1. The number of carbonyl (C=O) groups is 4. The first-order valence-corrected chi connectivity index (χ1v) is 10.4. The van der Waals surface area contributed by atoms with Crippen LogP contribution in [0.4, 0.5) is 4.79 Å². The molecule has 0 radical (unpaired) electrons. The van der Waals surface area contributed by atoms with Crippen molar-refractivity contribution >= 4 is 29.7 Å². The highest BCUT2D eigenvalue weighted by Gasteiger charge is 2.49. The third kappa shape index (κ3) is 5.16. The fraction of sp³-hybridized carbons (Fsp3) is 0.261. The van der Waals surface area contributed by atoms with E-state index in [1.54, 1.807) is 24.3 Å². The Kier molecular flexibility index (Phi) is 6.94. The molecule has 1 aliphatic heterocycles. The Bertz CT molecular complexity index is 1200. The molecule has 2 aromatic carbocycles. The number of phenols is 1. The van der Waals surface area contributed by atoms with Gasteiger partial charge in [-0.25, -0.2) is 4.79 Å². The SMILES string of the molecule is COc1ccc([C@H](CC(=O)O)NC(=O)CN2C(=O)N[C@@](C)(c3ccc(C(=N)N)cc3)C2=O)cc1O. The normalized spacial score (nSPS) is 18.1. The number of aromatic hydroxyl groups is 1. The number of rotatable bonds is 9. The third-order valence-electron chi connectivity index (χ3n) is 5.67. The number of nitrogens with one attached hydrogen (secondary N) is 3. The molecule has 0 spiro atoms. The topological polar surface area (TPSA) is 195 Å². The standard InChI is InChI=1S/C23H25N5O7/c1-23(14-6-3-12(4-7-14)20(24)25)21(33)28(22(34)27-23)11-18(30)26-15(10-19(31)32)13-5-8-17(35-2)16(29)9-13/h3-9,15,29H,10-11H2,1-2H3,(H3,24,25)(H,26,30)(H,27,34)(H,31,32)/t15-,23-/m0/s1. The van der Waals surface area contributed by atoms with Crippen molar-refractivity contribution in [3.8, 4) is 11.5 Å². The van der Waals surface area contributed by atoms with Crippen molar-refractivity contribution < 1.29 is 34.1 Å². The first kappa shape index (κ1) is 25.0. The van der Waals surface area contributed by atoms with Crippen molar-refractivity contribution in [1.82, 2.24) is 15.5 Å². The molecule has 0 bridgehead atoms. The summed E-state index contributed by atoms with van der Waals surface area (Å²) in [5.74, 6) is -2.87. The van der Waals surface area contributed by atoms with Crippen LogP contribution in [0.5, 0.6) is 11.5 Å². The van der Waals surface area contributed by atoms with Crippen LogP contribution in [0.3, 0.4) is 0 Å². The van der Waals surface area contributed by atoms with Crippen LogP contribution in [0.25, 0.3) is 0 Å². The van der Waals surface area contributed by atoms with E-state index in [4.69, 9.17) is 15.9 Å². The molecule has 1 heterocycles. The highest BCUT2D eigenvalue weighted by molar-refractivity contribution is 6.09. The van der Waals surface area contributed by atoms with Gasteiger partial charge in [-0.2, -0.15) is 0 Å². The Labute approximate surface area is 200 Å². The number of urea groups is 1. The fourth-order valence-electron chi connectivity index (χ4n) is 3.75. The summed E-state index contributed by atoms with van der Waals surface area (Å²) in [6.45, 7) is 0.839. The van der Waals surface area contributed by atoms with Crippen molar-refractivity contribution in [3.05, 3.63) is 59.2 Å². The molecular formula is C23H25N5O7. The maximum Gasteiger partial charge on any atom is 0.325 e. The van der Waals surface area contributed by atoms with E-state index in [-0.39, 0.29) is 17.3 Å². The average molecular weight is 483 g/mol. The predicted octanol–water partition coefficient (Wildman–Crippen LogP) is 0.784. The van der Waals surface area contributed by atoms with Crippen LogP contribution in [-0.4, -0.2) is 58.4 Å². The number of nitrogens with zero attached hydrogens (tertiary/aromatic N) is 1. The van der Waals surface area contributed by atoms with Gasteiger partial charge in [-0.1, -0.05) is 30.3 Å². The largest absolute Gasteiger partial charge is 0.504 e. The zero-order valence-corrected chi connectivity index (χ0v) is 19.0. The lowest BCUT2D eigenvalue weighted by Crippen LogP contribution is -2.44. The molecule has 1 fully saturated rings. The molecule has 184 valence electrons. The minimum Gasteiger partial charge on any atom is -0.504 e. The second-order valence-electron chi connectivity index (χ2n) is 8.09. The van der Waals surface area contributed by atoms with Gasteiger partial charge in [0.15, 0.2) is 11.5 Å². The van der Waals surface area contributed by atoms with Crippen LogP contribution in [-0.2, 0) is 19.9 Å². The van der Waals surface area contributed by atoms with Gasteiger partial charge >= 0.3 is 12.0 Å². The van der Waals surface area contributed by atoms with Gasteiger partial charge in [-0.15, -0.1) is 0 Å². The number of hydrogen-bond donors (Lipinski definition) is 6. The maximum absolute atomic E-state index is 13.1. The minimum atomic E-state index is -1.45. The van der Waals surface area contributed by atoms with E-state index < -0.39 is 48.4 Å². The second kappa shape index (κ2) is 9.71. The van der Waals surface area contributed by atoms with Gasteiger partial charge in [0.1, 0.15) is 17.9 Å². The Morgan fingerprint density at radius 3 is 2.43 bits per heavy atom. The molecule has 12 heteroatoms. The fourth-order valence-corrected chi connectivity index (χ4v) is 3.75. The van der Waals surface area contributed by atoms with Crippen molar-refractivity contribution in [2.75, 3.05) is 13.7 Å². The molecule has 1 aliphatic rings. The summed E-state index contributed by atoms with van der Waals surface area (Å²) < 4.78 is 4.97. The molecule has 12 nitrogen and oxygen atoms in total. The molecule has 0 unspecified atom stereocenters. The van der Waals surface area contributed by atoms with Crippen LogP contribution in [0.15, 0.2) is 42.5 Å². The molecule has 2 atom stereocenters. The zero-order chi connectivity index (χ0) is 25.9. The number of carboxylic acid groups (broad SMARTS) is 1. The van der Waals surface area contributed by atoms with Gasteiger partial charge < -0.3 is 31.3 Å². The lowest BCUT2D eigenvalue weighted by atomic mass is 9.91. The number of aliphatic carboxylic acids is 1. The Hall–Kier alpha value is -4.61. The number of ether oxygens (including phenoxy) is 1. The van der Waals surface area contributed by atoms with Gasteiger partial charge in [-0.3, -0.25) is 24.7 Å². The van der Waals surface area contributed by atoms with E-state index in [1.807, 2.05) is 0 Å². The van der Waals surface area contributed by atoms with Crippen LogP contribution in [0.1, 0.15) is 36.1 Å². The number of methoxy groups -OCH3 is 1. The quantitative estimate of drug-likeness (QED) is 0.171. The number of amides is 4. The zero-order valence-electron chi connectivity index (χ0n) is 19.0. The van der Waals surface area contributed by atoms with Gasteiger partial charge in [-0.05, 0) is 30.2 Å². The molecule has 1 saturated heterocycles. The van der Waals surface area contributed by atoms with Crippen molar-refractivity contribution in [2.45, 2.75) is 24.9 Å². The number of phenolic OH excluding ortho intramolecular Hbond substituents is 1. The summed E-state index contributed by atoms with van der Waals surface area (Å²) in [6.07, 6.45) is -0.502. The van der Waals surface area contributed by atoms with E-state index in [9.17, 15) is 29.4 Å². The predicted molar refractivity (Wildman–Crippen MR) is 123 cm³/mol. The van der Waals surface area contributed by atoms with E-state index in [2.05, 4.69) is 10.6 Å². The van der Waals surface area contributed by atoms with Crippen LogP contribution in [0, 0.1) is 5.41 Å². The van der Waals surface area contributed by atoms with Gasteiger partial charge in [0, 0.05) is 5.56 Å². The van der Waals surface area contributed by atoms with Crippen molar-refractivity contribution in [3.63, 3.8) is 0 Å². The molecule has 7 N–H and O–H groups in total. The highest BCUT2D eigenvalue weighted by atomic mass is 16.5. The second-order valence-corrected chi connectivity index (χ2v) is 8.09. The number of nitrogen functional groups attached to an aromatic ring is 1.